The van der Waals surface area contributed by atoms with Gasteiger partial charge < -0.3 is 4.74 Å². The minimum Gasteiger partial charge on any atom is -0.366 e. The average Bonchev–Trinajstić information content (AvgIpc) is 2.38. The van der Waals surface area contributed by atoms with Gasteiger partial charge in [-0.15, -0.1) is 0 Å². The molecular weight excluding hydrogens is 255 g/mol. The summed E-state index contributed by atoms with van der Waals surface area (Å²) in [5.41, 5.74) is -0.493. The Balaban J connectivity index is 2.62. The molecule has 1 aromatic carbocycles. The number of benzene rings is 1. The van der Waals surface area contributed by atoms with Gasteiger partial charge in [-0.2, -0.15) is 0 Å². The third-order valence-electron chi connectivity index (χ3n) is 3.02. The predicted octanol–water partition coefficient (Wildman–Crippen LogP) is 3.56. The summed E-state index contributed by atoms with van der Waals surface area (Å²) in [5.74, 6) is -0.475. The lowest BCUT2D eigenvalue weighted by Gasteiger charge is -2.31. The van der Waals surface area contributed by atoms with Crippen molar-refractivity contribution in [3.63, 3.8) is 0 Å². The van der Waals surface area contributed by atoms with E-state index in [2.05, 4.69) is 0 Å². The molecule has 0 spiro atoms. The molecule has 18 heavy (non-hydrogen) atoms. The molecule has 0 saturated carbocycles. The van der Waals surface area contributed by atoms with Gasteiger partial charge in [0.1, 0.15) is 5.83 Å². The maximum Gasteiger partial charge on any atom is 0.156 e. The van der Waals surface area contributed by atoms with Crippen LogP contribution < -0.4 is 0 Å². The van der Waals surface area contributed by atoms with Crippen molar-refractivity contribution in [2.24, 2.45) is 0 Å². The molecule has 0 bridgehead atoms. The Morgan fingerprint density at radius 1 is 1.50 bits per heavy atom. The van der Waals surface area contributed by atoms with Crippen LogP contribution in [-0.2, 0) is 9.53 Å². The number of aldehydes is 1. The molecule has 0 N–H and O–H groups in total. The first-order chi connectivity index (χ1) is 8.63. The van der Waals surface area contributed by atoms with Crippen molar-refractivity contribution in [3.05, 3.63) is 52.8 Å². The van der Waals surface area contributed by atoms with Crippen LogP contribution in [0, 0.1) is 0 Å². The van der Waals surface area contributed by atoms with E-state index >= 15 is 0 Å². The lowest BCUT2D eigenvalue weighted by Crippen LogP contribution is -2.36. The Morgan fingerprint density at radius 2 is 2.28 bits per heavy atom. The van der Waals surface area contributed by atoms with Crippen molar-refractivity contribution < 1.29 is 13.9 Å². The minimum atomic E-state index is -1.27. The zero-order valence-corrected chi connectivity index (χ0v) is 10.6. The van der Waals surface area contributed by atoms with Crippen molar-refractivity contribution in [2.75, 3.05) is 7.11 Å². The molecule has 94 valence electrons. The number of carbonyl (C=O) groups is 1. The van der Waals surface area contributed by atoms with Crippen LogP contribution in [0.25, 0.3) is 5.57 Å². The monoisotopic (exact) mass is 266 g/mol. The van der Waals surface area contributed by atoms with Crippen LogP contribution in [0.15, 0.2) is 42.2 Å². The molecule has 1 aliphatic carbocycles. The Bertz CT molecular complexity index is 536. The van der Waals surface area contributed by atoms with Gasteiger partial charge in [0.2, 0.25) is 0 Å². The van der Waals surface area contributed by atoms with Gasteiger partial charge in [-0.05, 0) is 23.8 Å². The first-order valence-electron chi connectivity index (χ1n) is 5.47. The Labute approximate surface area is 110 Å². The second kappa shape index (κ2) is 5.04. The molecule has 2 rings (SSSR count). The summed E-state index contributed by atoms with van der Waals surface area (Å²) in [6.07, 6.45) is 3.87. The zero-order valence-electron chi connectivity index (χ0n) is 9.82. The third-order valence-corrected chi connectivity index (χ3v) is 3.25. The molecule has 0 fully saturated rings. The van der Waals surface area contributed by atoms with E-state index in [-0.39, 0.29) is 5.57 Å². The smallest absolute Gasteiger partial charge is 0.156 e. The van der Waals surface area contributed by atoms with Gasteiger partial charge in [-0.1, -0.05) is 29.8 Å². The molecule has 1 aromatic rings. The third kappa shape index (κ3) is 2.11. The largest absolute Gasteiger partial charge is 0.366 e. The lowest BCUT2D eigenvalue weighted by molar-refractivity contribution is -0.121. The maximum absolute atomic E-state index is 14.0. The van der Waals surface area contributed by atoms with E-state index in [4.69, 9.17) is 16.3 Å². The van der Waals surface area contributed by atoms with E-state index in [1.54, 1.807) is 30.3 Å². The molecule has 2 nitrogen and oxygen atoms in total. The van der Waals surface area contributed by atoms with E-state index in [0.717, 1.165) is 0 Å². The second-order valence-electron chi connectivity index (χ2n) is 4.05. The highest BCUT2D eigenvalue weighted by molar-refractivity contribution is 6.30. The van der Waals surface area contributed by atoms with Crippen LogP contribution in [0.2, 0.25) is 5.02 Å². The Hall–Kier alpha value is -1.45. The molecule has 1 aliphatic rings. The molecule has 0 heterocycles. The minimum absolute atomic E-state index is 0.227. The van der Waals surface area contributed by atoms with Gasteiger partial charge in [0, 0.05) is 24.1 Å². The molecule has 4 heteroatoms. The van der Waals surface area contributed by atoms with Gasteiger partial charge in [0.25, 0.3) is 0 Å². The molecular formula is C14H12ClFO2. The van der Waals surface area contributed by atoms with Crippen LogP contribution in [0.1, 0.15) is 12.0 Å². The fourth-order valence-corrected chi connectivity index (χ4v) is 2.28. The number of carbonyl (C=O) groups excluding carboxylic acids is 1. The van der Waals surface area contributed by atoms with Crippen molar-refractivity contribution in [1.29, 1.82) is 0 Å². The quantitative estimate of drug-likeness (QED) is 0.782. The van der Waals surface area contributed by atoms with E-state index in [0.29, 0.717) is 23.3 Å². The van der Waals surface area contributed by atoms with Gasteiger partial charge in [-0.3, -0.25) is 4.79 Å². The zero-order chi connectivity index (χ0) is 13.2. The molecule has 1 atom stereocenters. The van der Waals surface area contributed by atoms with E-state index in [1.165, 1.54) is 13.2 Å². The van der Waals surface area contributed by atoms with Gasteiger partial charge in [-0.25, -0.2) is 4.39 Å². The lowest BCUT2D eigenvalue weighted by atomic mass is 9.82. The maximum atomic E-state index is 14.0. The van der Waals surface area contributed by atoms with Crippen LogP contribution in [0.5, 0.6) is 0 Å². The average molecular weight is 267 g/mol. The summed E-state index contributed by atoms with van der Waals surface area (Å²) in [4.78, 5) is 11.3. The Morgan fingerprint density at radius 3 is 2.89 bits per heavy atom. The summed E-state index contributed by atoms with van der Waals surface area (Å²) >= 11 is 5.90. The fourth-order valence-electron chi connectivity index (χ4n) is 2.09. The Kier molecular flexibility index (Phi) is 3.64. The normalized spacial score (nSPS) is 23.3. The molecule has 0 amide bonds. The second-order valence-corrected chi connectivity index (χ2v) is 4.49. The molecule has 0 aromatic heterocycles. The summed E-state index contributed by atoms with van der Waals surface area (Å²) < 4.78 is 19.3. The summed E-state index contributed by atoms with van der Waals surface area (Å²) in [6, 6.07) is 6.73. The predicted molar refractivity (Wildman–Crippen MR) is 69.0 cm³/mol. The van der Waals surface area contributed by atoms with Crippen LogP contribution >= 0.6 is 11.6 Å². The number of halogens is 2. The topological polar surface area (TPSA) is 26.3 Å². The van der Waals surface area contributed by atoms with Crippen molar-refractivity contribution in [1.82, 2.24) is 0 Å². The number of hydrogen-bond donors (Lipinski definition) is 0. The standard InChI is InChI=1S/C14H12ClFO2/c1-18-14(9-17)7-3-6-12(16)13(14)10-4-2-5-11(15)8-10/h2-6,8-9H,7H2,1H3. The number of hydrogen-bond acceptors (Lipinski definition) is 2. The molecule has 0 saturated heterocycles. The van der Waals surface area contributed by atoms with Crippen molar-refractivity contribution in [2.45, 2.75) is 12.0 Å². The number of allylic oxidation sites excluding steroid dienone is 2. The number of methoxy groups -OCH3 is 1. The summed E-state index contributed by atoms with van der Waals surface area (Å²) in [6.45, 7) is 0. The first-order valence-corrected chi connectivity index (χ1v) is 5.85. The van der Waals surface area contributed by atoms with E-state index in [9.17, 15) is 9.18 Å². The fraction of sp³-hybridized carbons (Fsp3) is 0.214. The van der Waals surface area contributed by atoms with Crippen LogP contribution in [0.4, 0.5) is 4.39 Å². The van der Waals surface area contributed by atoms with Gasteiger partial charge in [0.05, 0.1) is 0 Å². The van der Waals surface area contributed by atoms with E-state index in [1.807, 2.05) is 0 Å². The van der Waals surface area contributed by atoms with Crippen LogP contribution in [-0.4, -0.2) is 19.0 Å². The van der Waals surface area contributed by atoms with Gasteiger partial charge in [0.15, 0.2) is 11.9 Å². The highest BCUT2D eigenvalue weighted by atomic mass is 35.5. The molecule has 0 radical (unpaired) electrons. The van der Waals surface area contributed by atoms with Crippen LogP contribution in [0.3, 0.4) is 0 Å². The van der Waals surface area contributed by atoms with Crippen molar-refractivity contribution in [3.8, 4) is 0 Å². The summed E-state index contributed by atoms with van der Waals surface area (Å²) in [7, 11) is 1.39. The van der Waals surface area contributed by atoms with Gasteiger partial charge >= 0.3 is 0 Å². The van der Waals surface area contributed by atoms with E-state index < -0.39 is 11.4 Å². The summed E-state index contributed by atoms with van der Waals surface area (Å²) in [5, 5.41) is 0.484. The first kappa shape index (κ1) is 13.0. The molecule has 0 aliphatic heterocycles. The molecule has 1 unspecified atom stereocenters. The number of rotatable bonds is 3. The highest BCUT2D eigenvalue weighted by Gasteiger charge is 2.38. The van der Waals surface area contributed by atoms with Crippen molar-refractivity contribution >= 4 is 23.5 Å². The number of ether oxygens (including phenoxy) is 1. The SMILES string of the molecule is COC1(C=O)CC=CC(F)=C1c1cccc(Cl)c1. The highest BCUT2D eigenvalue weighted by Crippen LogP contribution is 2.39.